The highest BCUT2D eigenvalue weighted by Crippen LogP contribution is 2.22. The van der Waals surface area contributed by atoms with E-state index in [2.05, 4.69) is 39.3 Å². The standard InChI is InChI=1S/C24H25N7O/c1-29(2)19-11-14-30(16-19)23(32)17-6-8-18(9-7-17)27-24-25-12-10-20(28-24)21-15-26-22-5-3-4-13-31(21)22/h3-10,12-13,15,19H,11,14,16H2,1-2H3,(H,25,27,28)/t19-/m0/s1. The van der Waals surface area contributed by atoms with E-state index in [1.807, 2.05) is 64.0 Å². The summed E-state index contributed by atoms with van der Waals surface area (Å²) < 4.78 is 1.99. The van der Waals surface area contributed by atoms with E-state index in [0.717, 1.165) is 42.2 Å². The van der Waals surface area contributed by atoms with Crippen LogP contribution >= 0.6 is 0 Å². The van der Waals surface area contributed by atoms with E-state index in [-0.39, 0.29) is 5.91 Å². The monoisotopic (exact) mass is 427 g/mol. The van der Waals surface area contributed by atoms with Crippen LogP contribution in [0.3, 0.4) is 0 Å². The van der Waals surface area contributed by atoms with Gasteiger partial charge in [0.05, 0.1) is 17.6 Å². The number of likely N-dealkylation sites (tertiary alicyclic amines) is 1. The Hall–Kier alpha value is -3.78. The van der Waals surface area contributed by atoms with Gasteiger partial charge < -0.3 is 15.1 Å². The van der Waals surface area contributed by atoms with E-state index < -0.39 is 0 Å². The third-order valence-corrected chi connectivity index (χ3v) is 5.90. The van der Waals surface area contributed by atoms with Gasteiger partial charge in [-0.25, -0.2) is 15.0 Å². The fraction of sp³-hybridized carbons (Fsp3) is 0.250. The predicted octanol–water partition coefficient (Wildman–Crippen LogP) is 3.31. The second kappa shape index (κ2) is 8.39. The maximum Gasteiger partial charge on any atom is 0.253 e. The van der Waals surface area contributed by atoms with Gasteiger partial charge in [-0.15, -0.1) is 0 Å². The van der Waals surface area contributed by atoms with E-state index in [1.165, 1.54) is 0 Å². The lowest BCUT2D eigenvalue weighted by molar-refractivity contribution is 0.0783. The maximum atomic E-state index is 12.8. The highest BCUT2D eigenvalue weighted by molar-refractivity contribution is 5.94. The molecule has 1 saturated heterocycles. The fourth-order valence-electron chi connectivity index (χ4n) is 4.04. The zero-order valence-corrected chi connectivity index (χ0v) is 18.1. The molecule has 1 atom stereocenters. The molecule has 4 aromatic rings. The first-order valence-electron chi connectivity index (χ1n) is 10.7. The topological polar surface area (TPSA) is 78.7 Å². The Bertz CT molecular complexity index is 1250. The first-order chi connectivity index (χ1) is 15.6. The smallest absolute Gasteiger partial charge is 0.253 e. The van der Waals surface area contributed by atoms with E-state index >= 15 is 0 Å². The molecule has 32 heavy (non-hydrogen) atoms. The van der Waals surface area contributed by atoms with Crippen LogP contribution in [0.4, 0.5) is 11.6 Å². The van der Waals surface area contributed by atoms with E-state index in [0.29, 0.717) is 17.6 Å². The molecule has 4 heterocycles. The summed E-state index contributed by atoms with van der Waals surface area (Å²) in [4.78, 5) is 30.3. The molecule has 3 aromatic heterocycles. The average molecular weight is 428 g/mol. The lowest BCUT2D eigenvalue weighted by atomic mass is 10.2. The molecule has 5 rings (SSSR count). The lowest BCUT2D eigenvalue weighted by Crippen LogP contribution is -2.34. The number of carbonyl (C=O) groups excluding carboxylic acids is 1. The number of rotatable bonds is 5. The van der Waals surface area contributed by atoms with E-state index in [4.69, 9.17) is 0 Å². The van der Waals surface area contributed by atoms with Gasteiger partial charge in [0.25, 0.3) is 5.91 Å². The Labute approximate surface area is 186 Å². The van der Waals surface area contributed by atoms with Gasteiger partial charge in [-0.3, -0.25) is 9.20 Å². The molecule has 0 aliphatic carbocycles. The van der Waals surface area contributed by atoms with Crippen molar-refractivity contribution in [2.75, 3.05) is 32.5 Å². The minimum absolute atomic E-state index is 0.0757. The van der Waals surface area contributed by atoms with Crippen molar-refractivity contribution in [1.82, 2.24) is 29.2 Å². The first-order valence-corrected chi connectivity index (χ1v) is 10.7. The Balaban J connectivity index is 1.30. The van der Waals surface area contributed by atoms with Gasteiger partial charge in [-0.05, 0) is 63.0 Å². The number of hydrogen-bond acceptors (Lipinski definition) is 6. The number of aromatic nitrogens is 4. The summed E-state index contributed by atoms with van der Waals surface area (Å²) in [5.41, 5.74) is 4.05. The summed E-state index contributed by atoms with van der Waals surface area (Å²) in [6.07, 6.45) is 6.50. The second-order valence-electron chi connectivity index (χ2n) is 8.20. The zero-order chi connectivity index (χ0) is 22.1. The number of imidazole rings is 1. The number of likely N-dealkylation sites (N-methyl/N-ethyl adjacent to an activating group) is 1. The number of amides is 1. The Morgan fingerprint density at radius 3 is 2.72 bits per heavy atom. The lowest BCUT2D eigenvalue weighted by Gasteiger charge is -2.20. The molecule has 1 aliphatic heterocycles. The van der Waals surface area contributed by atoms with Crippen molar-refractivity contribution in [3.8, 4) is 11.4 Å². The number of nitrogens with one attached hydrogen (secondary N) is 1. The minimum Gasteiger partial charge on any atom is -0.337 e. The SMILES string of the molecule is CN(C)[C@H]1CCN(C(=O)c2ccc(Nc3nccc(-c4cnc5ccccn45)n3)cc2)C1. The van der Waals surface area contributed by atoms with Gasteiger partial charge in [-0.1, -0.05) is 6.07 Å². The van der Waals surface area contributed by atoms with Crippen LogP contribution in [0.15, 0.2) is 67.1 Å². The number of nitrogens with zero attached hydrogens (tertiary/aromatic N) is 6. The Morgan fingerprint density at radius 2 is 1.94 bits per heavy atom. The largest absolute Gasteiger partial charge is 0.337 e. The third-order valence-electron chi connectivity index (χ3n) is 5.90. The predicted molar refractivity (Wildman–Crippen MR) is 124 cm³/mol. The summed E-state index contributed by atoms with van der Waals surface area (Å²) in [7, 11) is 4.12. The maximum absolute atomic E-state index is 12.8. The van der Waals surface area contributed by atoms with Gasteiger partial charge >= 0.3 is 0 Å². The summed E-state index contributed by atoms with van der Waals surface area (Å²) in [6, 6.07) is 15.6. The molecule has 8 nitrogen and oxygen atoms in total. The van der Waals surface area contributed by atoms with Crippen LogP contribution in [0, 0.1) is 0 Å². The molecule has 1 N–H and O–H groups in total. The van der Waals surface area contributed by atoms with Crippen molar-refractivity contribution in [2.24, 2.45) is 0 Å². The van der Waals surface area contributed by atoms with Crippen LogP contribution in [-0.2, 0) is 0 Å². The molecule has 0 radical (unpaired) electrons. The summed E-state index contributed by atoms with van der Waals surface area (Å²) in [5, 5.41) is 3.23. The van der Waals surface area contributed by atoms with Crippen molar-refractivity contribution in [1.29, 1.82) is 0 Å². The number of hydrogen-bond donors (Lipinski definition) is 1. The number of carbonyl (C=O) groups is 1. The molecule has 1 amide bonds. The van der Waals surface area contributed by atoms with Gasteiger partial charge in [0, 0.05) is 42.8 Å². The average Bonchev–Trinajstić information content (AvgIpc) is 3.47. The van der Waals surface area contributed by atoms with Crippen LogP contribution in [0.2, 0.25) is 0 Å². The summed E-state index contributed by atoms with van der Waals surface area (Å²) >= 11 is 0. The second-order valence-corrected chi connectivity index (χ2v) is 8.20. The van der Waals surface area contributed by atoms with Crippen LogP contribution in [0.1, 0.15) is 16.8 Å². The number of anilines is 2. The molecule has 1 aromatic carbocycles. The Morgan fingerprint density at radius 1 is 1.09 bits per heavy atom. The Kier molecular flexibility index (Phi) is 5.28. The fourth-order valence-corrected chi connectivity index (χ4v) is 4.04. The highest BCUT2D eigenvalue weighted by Gasteiger charge is 2.27. The highest BCUT2D eigenvalue weighted by atomic mass is 16.2. The zero-order valence-electron chi connectivity index (χ0n) is 18.1. The van der Waals surface area contributed by atoms with E-state index in [9.17, 15) is 4.79 Å². The molecule has 0 saturated carbocycles. The van der Waals surface area contributed by atoms with Crippen LogP contribution in [-0.4, -0.2) is 68.3 Å². The molecule has 0 spiro atoms. The summed E-state index contributed by atoms with van der Waals surface area (Å²) in [6.45, 7) is 1.57. The number of pyridine rings is 1. The number of fused-ring (bicyclic) bond motifs is 1. The van der Waals surface area contributed by atoms with Crippen molar-refractivity contribution < 1.29 is 4.79 Å². The van der Waals surface area contributed by atoms with Crippen molar-refractivity contribution in [3.05, 3.63) is 72.7 Å². The molecule has 8 heteroatoms. The van der Waals surface area contributed by atoms with E-state index in [1.54, 1.807) is 12.4 Å². The quantitative estimate of drug-likeness (QED) is 0.527. The van der Waals surface area contributed by atoms with Gasteiger partial charge in [0.1, 0.15) is 5.65 Å². The van der Waals surface area contributed by atoms with Crippen molar-refractivity contribution >= 4 is 23.2 Å². The molecule has 1 aliphatic rings. The molecule has 0 unspecified atom stereocenters. The van der Waals surface area contributed by atoms with Crippen LogP contribution < -0.4 is 5.32 Å². The first kappa shape index (κ1) is 20.1. The molecular formula is C24H25N7O. The van der Waals surface area contributed by atoms with Crippen molar-refractivity contribution in [2.45, 2.75) is 12.5 Å². The van der Waals surface area contributed by atoms with Crippen molar-refractivity contribution in [3.63, 3.8) is 0 Å². The molecule has 0 bridgehead atoms. The van der Waals surface area contributed by atoms with Crippen LogP contribution in [0.25, 0.3) is 17.0 Å². The summed E-state index contributed by atoms with van der Waals surface area (Å²) in [5.74, 6) is 0.563. The minimum atomic E-state index is 0.0757. The molecule has 162 valence electrons. The van der Waals surface area contributed by atoms with Gasteiger partial charge in [0.15, 0.2) is 0 Å². The third kappa shape index (κ3) is 3.92. The molecule has 1 fully saturated rings. The molecular weight excluding hydrogens is 402 g/mol. The van der Waals surface area contributed by atoms with Gasteiger partial charge in [-0.2, -0.15) is 0 Å². The normalized spacial score (nSPS) is 16.1. The number of benzene rings is 1. The van der Waals surface area contributed by atoms with Crippen LogP contribution in [0.5, 0.6) is 0 Å². The van der Waals surface area contributed by atoms with Gasteiger partial charge in [0.2, 0.25) is 5.95 Å².